The van der Waals surface area contributed by atoms with Gasteiger partial charge in [-0.05, 0) is 54.0 Å². The second-order valence-corrected chi connectivity index (χ2v) is 6.78. The largest absolute Gasteiger partial charge is 0.356 e. The van der Waals surface area contributed by atoms with Gasteiger partial charge in [0.15, 0.2) is 0 Å². The van der Waals surface area contributed by atoms with Gasteiger partial charge in [-0.2, -0.15) is 0 Å². The number of aromatic nitrogens is 2. The highest BCUT2D eigenvalue weighted by molar-refractivity contribution is 5.91. The number of anilines is 1. The summed E-state index contributed by atoms with van der Waals surface area (Å²) in [5.41, 5.74) is 0.934. The summed E-state index contributed by atoms with van der Waals surface area (Å²) >= 11 is 0. The summed E-state index contributed by atoms with van der Waals surface area (Å²) < 4.78 is 0. The third-order valence-electron chi connectivity index (χ3n) is 5.23. The van der Waals surface area contributed by atoms with E-state index in [9.17, 15) is 4.79 Å². The monoisotopic (exact) mass is 334 g/mol. The summed E-state index contributed by atoms with van der Waals surface area (Å²) in [7, 11) is 0. The number of nitrogens with zero attached hydrogens (tertiary/aromatic N) is 3. The predicted octanol–water partition coefficient (Wildman–Crippen LogP) is 2.38. The number of nitrogens with one attached hydrogen (secondary N) is 1. The van der Waals surface area contributed by atoms with E-state index in [1.54, 1.807) is 24.5 Å². The van der Waals surface area contributed by atoms with Crippen molar-refractivity contribution in [1.82, 2.24) is 15.3 Å². The van der Waals surface area contributed by atoms with Crippen molar-refractivity contribution in [2.45, 2.75) is 6.42 Å². The van der Waals surface area contributed by atoms with E-state index in [0.29, 0.717) is 0 Å². The van der Waals surface area contributed by atoms with Gasteiger partial charge in [-0.3, -0.25) is 9.78 Å². The van der Waals surface area contributed by atoms with E-state index in [1.807, 2.05) is 30.5 Å². The van der Waals surface area contributed by atoms with Crippen LogP contribution in [0.2, 0.25) is 0 Å². The number of hydrogen-bond donors (Lipinski definition) is 1. The Morgan fingerprint density at radius 3 is 2.80 bits per heavy atom. The molecule has 2 fully saturated rings. The van der Waals surface area contributed by atoms with Crippen molar-refractivity contribution < 1.29 is 4.79 Å². The molecular weight excluding hydrogens is 312 g/mol. The molecule has 25 heavy (non-hydrogen) atoms. The summed E-state index contributed by atoms with van der Waals surface area (Å²) in [6, 6.07) is 9.86. The molecule has 1 N–H and O–H groups in total. The Morgan fingerprint density at radius 2 is 2.08 bits per heavy atom. The first-order valence-corrected chi connectivity index (χ1v) is 8.83. The molecule has 3 atom stereocenters. The SMILES string of the molecule is O=C(/C=C/c1cccnc1)NCC[C@@H]1[C@H]2CN(c3ccccn3)C[C@@H]12. The number of fused-ring (bicyclic) bond motifs is 1. The molecule has 0 radical (unpaired) electrons. The Hall–Kier alpha value is -2.69. The number of rotatable bonds is 6. The second kappa shape index (κ2) is 7.05. The van der Waals surface area contributed by atoms with Gasteiger partial charge in [0.25, 0.3) is 0 Å². The summed E-state index contributed by atoms with van der Waals surface area (Å²) in [5.74, 6) is 3.34. The Morgan fingerprint density at radius 1 is 1.20 bits per heavy atom. The fourth-order valence-electron chi connectivity index (χ4n) is 3.87. The van der Waals surface area contributed by atoms with Gasteiger partial charge < -0.3 is 10.2 Å². The Bertz CT molecular complexity index is 735. The van der Waals surface area contributed by atoms with Crippen molar-refractivity contribution in [3.8, 4) is 0 Å². The summed E-state index contributed by atoms with van der Waals surface area (Å²) in [6.07, 6.45) is 9.75. The average Bonchev–Trinajstić information content (AvgIpc) is 3.11. The van der Waals surface area contributed by atoms with Crippen LogP contribution >= 0.6 is 0 Å². The van der Waals surface area contributed by atoms with Gasteiger partial charge in [-0.15, -0.1) is 0 Å². The highest BCUT2D eigenvalue weighted by Gasteiger charge is 2.55. The molecule has 1 amide bonds. The van der Waals surface area contributed by atoms with E-state index >= 15 is 0 Å². The molecule has 0 bridgehead atoms. The van der Waals surface area contributed by atoms with E-state index in [1.165, 1.54) is 0 Å². The molecule has 3 heterocycles. The Balaban J connectivity index is 1.17. The zero-order chi connectivity index (χ0) is 17.1. The highest BCUT2D eigenvalue weighted by Crippen LogP contribution is 2.53. The van der Waals surface area contributed by atoms with Crippen LogP contribution < -0.4 is 10.2 Å². The number of pyridine rings is 2. The van der Waals surface area contributed by atoms with Crippen LogP contribution in [0.25, 0.3) is 6.08 Å². The minimum atomic E-state index is -0.0372. The molecule has 1 saturated heterocycles. The van der Waals surface area contributed by atoms with Crippen LogP contribution in [-0.2, 0) is 4.79 Å². The second-order valence-electron chi connectivity index (χ2n) is 6.78. The summed E-state index contributed by atoms with van der Waals surface area (Å²) in [4.78, 5) is 22.7. The molecule has 1 saturated carbocycles. The molecule has 2 aliphatic rings. The fraction of sp³-hybridized carbons (Fsp3) is 0.350. The Labute approximate surface area is 147 Å². The molecule has 0 spiro atoms. The molecule has 4 rings (SSSR count). The van der Waals surface area contributed by atoms with Gasteiger partial charge in [0.05, 0.1) is 0 Å². The molecule has 0 unspecified atom stereocenters. The zero-order valence-electron chi connectivity index (χ0n) is 14.1. The molecule has 1 aliphatic carbocycles. The third kappa shape index (κ3) is 3.71. The molecule has 5 nitrogen and oxygen atoms in total. The van der Waals surface area contributed by atoms with Crippen molar-refractivity contribution in [3.63, 3.8) is 0 Å². The van der Waals surface area contributed by atoms with Crippen LogP contribution in [-0.4, -0.2) is 35.5 Å². The zero-order valence-corrected chi connectivity index (χ0v) is 14.1. The number of carbonyl (C=O) groups is 1. The first kappa shape index (κ1) is 15.8. The van der Waals surface area contributed by atoms with Crippen LogP contribution in [0, 0.1) is 17.8 Å². The van der Waals surface area contributed by atoms with Crippen molar-refractivity contribution in [3.05, 3.63) is 60.6 Å². The van der Waals surface area contributed by atoms with Crippen LogP contribution in [0.1, 0.15) is 12.0 Å². The van der Waals surface area contributed by atoms with Gasteiger partial charge >= 0.3 is 0 Å². The normalized spacial score (nSPS) is 24.3. The number of hydrogen-bond acceptors (Lipinski definition) is 4. The number of carbonyl (C=O) groups excluding carboxylic acids is 1. The smallest absolute Gasteiger partial charge is 0.244 e. The topological polar surface area (TPSA) is 58.1 Å². The first-order chi connectivity index (χ1) is 12.3. The summed E-state index contributed by atoms with van der Waals surface area (Å²) in [5, 5.41) is 2.98. The predicted molar refractivity (Wildman–Crippen MR) is 97.8 cm³/mol. The van der Waals surface area contributed by atoms with Crippen LogP contribution in [0.5, 0.6) is 0 Å². The lowest BCUT2D eigenvalue weighted by atomic mass is 10.2. The van der Waals surface area contributed by atoms with E-state index < -0.39 is 0 Å². The van der Waals surface area contributed by atoms with Crippen LogP contribution in [0.4, 0.5) is 5.82 Å². The standard InChI is InChI=1S/C20H22N4O/c25-20(7-6-15-4-3-9-21-12-15)23-11-8-16-17-13-24(14-18(16)17)19-5-1-2-10-22-19/h1-7,9-10,12,16-18H,8,11,13-14H2,(H,23,25)/b7-6+/t16-,17-,18+. The molecular formula is C20H22N4O. The lowest BCUT2D eigenvalue weighted by molar-refractivity contribution is -0.116. The van der Waals surface area contributed by atoms with Crippen molar-refractivity contribution in [2.24, 2.45) is 17.8 Å². The molecule has 5 heteroatoms. The Kier molecular flexibility index (Phi) is 4.46. The van der Waals surface area contributed by atoms with Crippen molar-refractivity contribution in [2.75, 3.05) is 24.5 Å². The van der Waals surface area contributed by atoms with E-state index in [0.717, 1.165) is 55.2 Å². The van der Waals surface area contributed by atoms with Crippen LogP contribution in [0.3, 0.4) is 0 Å². The molecule has 128 valence electrons. The van der Waals surface area contributed by atoms with Crippen molar-refractivity contribution >= 4 is 17.8 Å². The molecule has 2 aromatic rings. The maximum absolute atomic E-state index is 11.9. The maximum Gasteiger partial charge on any atom is 0.244 e. The van der Waals surface area contributed by atoms with E-state index in [4.69, 9.17) is 0 Å². The average molecular weight is 334 g/mol. The van der Waals surface area contributed by atoms with E-state index in [-0.39, 0.29) is 5.91 Å². The highest BCUT2D eigenvalue weighted by atomic mass is 16.1. The minimum absolute atomic E-state index is 0.0372. The van der Waals surface area contributed by atoms with Gasteiger partial charge in [0.1, 0.15) is 5.82 Å². The van der Waals surface area contributed by atoms with Gasteiger partial charge in [0, 0.05) is 44.3 Å². The quantitative estimate of drug-likeness (QED) is 0.824. The maximum atomic E-state index is 11.9. The molecule has 2 aromatic heterocycles. The number of amides is 1. The lowest BCUT2D eigenvalue weighted by Crippen LogP contribution is -2.27. The third-order valence-corrected chi connectivity index (χ3v) is 5.23. The lowest BCUT2D eigenvalue weighted by Gasteiger charge is -2.20. The fourth-order valence-corrected chi connectivity index (χ4v) is 3.87. The van der Waals surface area contributed by atoms with E-state index in [2.05, 4.69) is 26.3 Å². The van der Waals surface area contributed by atoms with Crippen molar-refractivity contribution in [1.29, 1.82) is 0 Å². The minimum Gasteiger partial charge on any atom is -0.356 e. The van der Waals surface area contributed by atoms with Gasteiger partial charge in [-0.1, -0.05) is 12.1 Å². The van der Waals surface area contributed by atoms with Gasteiger partial charge in [-0.25, -0.2) is 4.98 Å². The molecule has 0 aromatic carbocycles. The first-order valence-electron chi connectivity index (χ1n) is 8.83. The molecule has 1 aliphatic heterocycles. The number of piperidine rings is 1. The van der Waals surface area contributed by atoms with Crippen LogP contribution in [0.15, 0.2) is 55.0 Å². The van der Waals surface area contributed by atoms with Gasteiger partial charge in [0.2, 0.25) is 5.91 Å². The summed E-state index contributed by atoms with van der Waals surface area (Å²) in [6.45, 7) is 2.94.